The summed E-state index contributed by atoms with van der Waals surface area (Å²) >= 11 is 0. The maximum atomic E-state index is 13.7. The molecule has 0 unspecified atom stereocenters. The van der Waals surface area contributed by atoms with Crippen LogP contribution in [0.25, 0.3) is 32.8 Å². The van der Waals surface area contributed by atoms with E-state index in [-0.39, 0.29) is 30.7 Å². The van der Waals surface area contributed by atoms with E-state index in [2.05, 4.69) is 10.3 Å². The zero-order valence-corrected chi connectivity index (χ0v) is 22.9. The molecule has 3 N–H and O–H groups in total. The fraction of sp³-hybridized carbons (Fsp3) is 0.226. The van der Waals surface area contributed by atoms with E-state index < -0.39 is 5.91 Å². The number of anilines is 2. The molecule has 5 aromatic rings. The Morgan fingerprint density at radius 3 is 2.48 bits per heavy atom. The van der Waals surface area contributed by atoms with Gasteiger partial charge in [-0.3, -0.25) is 14.3 Å². The minimum Gasteiger partial charge on any atom is -0.497 e. The molecule has 3 aromatic carbocycles. The number of benzene rings is 3. The third kappa shape index (κ3) is 5.18. The molecule has 204 valence electrons. The van der Waals surface area contributed by atoms with Gasteiger partial charge in [0.05, 0.1) is 25.7 Å². The standard InChI is InChI=1S/C31H31N5O4/c1-5-40-28(37)16-22-8-10-23(39-4)17-26(22)34-31(38)29-25-15-21(9-11-27(25)36(35-29)18(2)3)20-7-6-19-12-13-33-30(32)24(19)14-20/h6-15,17-18H,5,16H2,1-4H3,(H2,32,33)(H,34,38). The monoisotopic (exact) mass is 537 g/mol. The summed E-state index contributed by atoms with van der Waals surface area (Å²) < 4.78 is 12.3. The van der Waals surface area contributed by atoms with Crippen LogP contribution in [0.5, 0.6) is 5.75 Å². The van der Waals surface area contributed by atoms with Crippen LogP contribution in [0.4, 0.5) is 11.5 Å². The fourth-order valence-corrected chi connectivity index (χ4v) is 4.75. The van der Waals surface area contributed by atoms with Crippen molar-refractivity contribution < 1.29 is 19.1 Å². The average molecular weight is 538 g/mol. The van der Waals surface area contributed by atoms with Crippen LogP contribution in [0.1, 0.15) is 42.9 Å². The van der Waals surface area contributed by atoms with Gasteiger partial charge >= 0.3 is 5.97 Å². The molecule has 0 saturated carbocycles. The molecule has 0 aliphatic rings. The highest BCUT2D eigenvalue weighted by molar-refractivity contribution is 6.12. The van der Waals surface area contributed by atoms with Gasteiger partial charge in [-0.2, -0.15) is 5.10 Å². The lowest BCUT2D eigenvalue weighted by atomic mass is 10.00. The number of nitrogens with one attached hydrogen (secondary N) is 1. The van der Waals surface area contributed by atoms with Gasteiger partial charge in [0, 0.05) is 34.8 Å². The Hall–Kier alpha value is -4.92. The number of carbonyl (C=O) groups is 2. The van der Waals surface area contributed by atoms with E-state index in [9.17, 15) is 9.59 Å². The highest BCUT2D eigenvalue weighted by atomic mass is 16.5. The summed E-state index contributed by atoms with van der Waals surface area (Å²) in [5.74, 6) is 0.235. The molecule has 0 radical (unpaired) electrons. The number of carbonyl (C=O) groups excluding carboxylic acids is 2. The van der Waals surface area contributed by atoms with Crippen molar-refractivity contribution in [3.05, 3.63) is 78.1 Å². The number of aromatic nitrogens is 3. The van der Waals surface area contributed by atoms with Crippen LogP contribution in [0.2, 0.25) is 0 Å². The lowest BCUT2D eigenvalue weighted by molar-refractivity contribution is -0.142. The van der Waals surface area contributed by atoms with Gasteiger partial charge in [-0.05, 0) is 73.2 Å². The number of nitrogens with zero attached hydrogens (tertiary/aromatic N) is 3. The first-order chi connectivity index (χ1) is 19.3. The van der Waals surface area contributed by atoms with Crippen molar-refractivity contribution in [2.45, 2.75) is 33.2 Å². The number of rotatable bonds is 8. The molecule has 0 bridgehead atoms. The summed E-state index contributed by atoms with van der Waals surface area (Å²) in [6.45, 7) is 6.06. The second-order valence-corrected chi connectivity index (χ2v) is 9.71. The van der Waals surface area contributed by atoms with E-state index in [4.69, 9.17) is 20.3 Å². The molecule has 9 nitrogen and oxygen atoms in total. The molecule has 2 heterocycles. The van der Waals surface area contributed by atoms with Crippen LogP contribution < -0.4 is 15.8 Å². The number of ether oxygens (including phenoxy) is 2. The third-order valence-corrected chi connectivity index (χ3v) is 6.75. The Morgan fingerprint density at radius 1 is 1.00 bits per heavy atom. The molecule has 9 heteroatoms. The van der Waals surface area contributed by atoms with E-state index in [1.165, 1.54) is 0 Å². The Bertz CT molecular complexity index is 1740. The van der Waals surface area contributed by atoms with Gasteiger partial charge in [-0.25, -0.2) is 4.98 Å². The fourth-order valence-electron chi connectivity index (χ4n) is 4.75. The van der Waals surface area contributed by atoms with E-state index in [1.54, 1.807) is 38.4 Å². The normalized spacial score (nSPS) is 11.2. The number of methoxy groups -OCH3 is 1. The first-order valence-corrected chi connectivity index (χ1v) is 13.1. The van der Waals surface area contributed by atoms with Crippen molar-refractivity contribution in [3.63, 3.8) is 0 Å². The van der Waals surface area contributed by atoms with Crippen molar-refractivity contribution in [3.8, 4) is 16.9 Å². The van der Waals surface area contributed by atoms with Crippen LogP contribution in [0.3, 0.4) is 0 Å². The molecule has 2 aromatic heterocycles. The number of pyridine rings is 1. The molecule has 5 rings (SSSR count). The van der Waals surface area contributed by atoms with Crippen molar-refractivity contribution in [2.75, 3.05) is 24.8 Å². The Kier molecular flexibility index (Phi) is 7.37. The van der Waals surface area contributed by atoms with Crippen LogP contribution in [-0.2, 0) is 16.0 Å². The van der Waals surface area contributed by atoms with Gasteiger partial charge in [0.2, 0.25) is 0 Å². The molecule has 1 amide bonds. The quantitative estimate of drug-likeness (QED) is 0.241. The van der Waals surface area contributed by atoms with Crippen molar-refractivity contribution in [1.82, 2.24) is 14.8 Å². The van der Waals surface area contributed by atoms with E-state index in [0.717, 1.165) is 27.4 Å². The zero-order valence-electron chi connectivity index (χ0n) is 22.9. The number of amides is 1. The van der Waals surface area contributed by atoms with E-state index in [1.807, 2.05) is 61.0 Å². The molecule has 0 spiro atoms. The van der Waals surface area contributed by atoms with Gasteiger partial charge in [-0.1, -0.05) is 24.3 Å². The van der Waals surface area contributed by atoms with Gasteiger partial charge in [0.15, 0.2) is 5.69 Å². The second-order valence-electron chi connectivity index (χ2n) is 9.71. The molecule has 40 heavy (non-hydrogen) atoms. The average Bonchev–Trinajstić information content (AvgIpc) is 3.34. The molecule has 0 atom stereocenters. The van der Waals surface area contributed by atoms with Gasteiger partial charge < -0.3 is 20.5 Å². The lowest BCUT2D eigenvalue weighted by Crippen LogP contribution is -2.17. The summed E-state index contributed by atoms with van der Waals surface area (Å²) in [7, 11) is 1.54. The molecular weight excluding hydrogens is 506 g/mol. The Morgan fingerprint density at radius 2 is 1.75 bits per heavy atom. The third-order valence-electron chi connectivity index (χ3n) is 6.75. The molecule has 0 saturated heterocycles. The van der Waals surface area contributed by atoms with E-state index >= 15 is 0 Å². The SMILES string of the molecule is CCOC(=O)Cc1ccc(OC)cc1NC(=O)c1nn(C(C)C)c2ccc(-c3ccc4ccnc(N)c4c3)cc12. The minimum atomic E-state index is -0.396. The van der Waals surface area contributed by atoms with Gasteiger partial charge in [0.1, 0.15) is 11.6 Å². The van der Waals surface area contributed by atoms with Crippen LogP contribution in [0.15, 0.2) is 66.9 Å². The minimum absolute atomic E-state index is 0.0126. The number of nitrogen functional groups attached to an aromatic ring is 1. The summed E-state index contributed by atoms with van der Waals surface area (Å²) in [6.07, 6.45) is 1.70. The highest BCUT2D eigenvalue weighted by Gasteiger charge is 2.21. The summed E-state index contributed by atoms with van der Waals surface area (Å²) in [5.41, 5.74) is 10.2. The molecule has 0 aliphatic carbocycles. The first-order valence-electron chi connectivity index (χ1n) is 13.1. The number of hydrogen-bond acceptors (Lipinski definition) is 7. The van der Waals surface area contributed by atoms with Crippen molar-refractivity contribution >= 4 is 45.1 Å². The van der Waals surface area contributed by atoms with Crippen molar-refractivity contribution in [2.24, 2.45) is 0 Å². The predicted octanol–water partition coefficient (Wildman–Crippen LogP) is 5.78. The number of nitrogens with two attached hydrogens (primary N) is 1. The van der Waals surface area contributed by atoms with Gasteiger partial charge in [0.25, 0.3) is 5.91 Å². The number of esters is 1. The number of hydrogen-bond donors (Lipinski definition) is 2. The predicted molar refractivity (Wildman–Crippen MR) is 157 cm³/mol. The van der Waals surface area contributed by atoms with E-state index in [0.29, 0.717) is 28.2 Å². The second kappa shape index (κ2) is 11.1. The van der Waals surface area contributed by atoms with Gasteiger partial charge in [-0.15, -0.1) is 0 Å². The molecular formula is C31H31N5O4. The largest absolute Gasteiger partial charge is 0.497 e. The maximum Gasteiger partial charge on any atom is 0.310 e. The molecule has 0 fully saturated rings. The smallest absolute Gasteiger partial charge is 0.310 e. The Labute approximate surface area is 231 Å². The van der Waals surface area contributed by atoms with Crippen LogP contribution in [0, 0.1) is 0 Å². The topological polar surface area (TPSA) is 121 Å². The number of fused-ring (bicyclic) bond motifs is 2. The molecule has 0 aliphatic heterocycles. The lowest BCUT2D eigenvalue weighted by Gasteiger charge is -2.12. The maximum absolute atomic E-state index is 13.7. The zero-order chi connectivity index (χ0) is 28.4. The van der Waals surface area contributed by atoms with Crippen molar-refractivity contribution in [1.29, 1.82) is 0 Å². The summed E-state index contributed by atoms with van der Waals surface area (Å²) in [5, 5.41) is 10.2. The summed E-state index contributed by atoms with van der Waals surface area (Å²) in [4.78, 5) is 30.1. The van der Waals surface area contributed by atoms with Crippen LogP contribution in [-0.4, -0.2) is 40.4 Å². The summed E-state index contributed by atoms with van der Waals surface area (Å²) in [6, 6.07) is 19.1. The van der Waals surface area contributed by atoms with Crippen LogP contribution >= 0.6 is 0 Å². The first kappa shape index (κ1) is 26.7. The Balaban J connectivity index is 1.57. The highest BCUT2D eigenvalue weighted by Crippen LogP contribution is 2.32.